The molecule has 0 saturated carbocycles. The maximum atomic E-state index is 12.7. The average molecular weight is 505 g/mol. The standard InChI is InChI=1S/C24H25ClN4O4.ClH/c1-4-32-19-11-16(7-10-18(19)33-12-15-5-8-17(25)9-6-15)22(20-13(2)26-28-23(20)30)21-14(3)27-29-24(21)31;/h5-11,22H,4,12H2,1-3H3,(H2,26,28,30)(H2,27,29,31);1H. The van der Waals surface area contributed by atoms with Gasteiger partial charge in [0.2, 0.25) is 0 Å². The van der Waals surface area contributed by atoms with E-state index in [4.69, 9.17) is 21.1 Å². The third kappa shape index (κ3) is 5.08. The molecule has 4 N–H and O–H groups in total. The lowest BCUT2D eigenvalue weighted by Crippen LogP contribution is -2.20. The Morgan fingerprint density at radius 3 is 1.91 bits per heavy atom. The number of H-pyrrole nitrogens is 4. The van der Waals surface area contributed by atoms with Crippen LogP contribution in [-0.4, -0.2) is 27.0 Å². The Morgan fingerprint density at radius 2 is 1.41 bits per heavy atom. The first-order valence-electron chi connectivity index (χ1n) is 10.6. The SMILES string of the molecule is CCOc1cc(C(c2c(C)[nH][nH]c2=O)c2c(C)[nH][nH]c2=O)ccc1OCc1ccc(Cl)cc1.Cl. The fourth-order valence-corrected chi connectivity index (χ4v) is 4.04. The largest absolute Gasteiger partial charge is 0.490 e. The molecule has 4 aromatic rings. The van der Waals surface area contributed by atoms with Crippen LogP contribution in [0.15, 0.2) is 52.1 Å². The van der Waals surface area contributed by atoms with Crippen LogP contribution in [0.1, 0.15) is 46.5 Å². The molecular weight excluding hydrogens is 479 g/mol. The van der Waals surface area contributed by atoms with E-state index in [1.54, 1.807) is 19.9 Å². The van der Waals surface area contributed by atoms with E-state index in [2.05, 4.69) is 20.4 Å². The third-order valence-electron chi connectivity index (χ3n) is 5.51. The molecule has 0 aliphatic heterocycles. The van der Waals surface area contributed by atoms with E-state index in [1.807, 2.05) is 43.3 Å². The minimum atomic E-state index is -0.598. The smallest absolute Gasteiger partial charge is 0.268 e. The molecule has 180 valence electrons. The summed E-state index contributed by atoms with van der Waals surface area (Å²) in [5, 5.41) is 11.6. The number of rotatable bonds is 8. The van der Waals surface area contributed by atoms with Crippen molar-refractivity contribution in [2.75, 3.05) is 6.61 Å². The molecule has 0 amide bonds. The van der Waals surface area contributed by atoms with Crippen molar-refractivity contribution < 1.29 is 9.47 Å². The molecule has 0 unspecified atom stereocenters. The van der Waals surface area contributed by atoms with Crippen molar-refractivity contribution in [3.05, 3.63) is 102 Å². The van der Waals surface area contributed by atoms with Crippen LogP contribution in [-0.2, 0) is 6.61 Å². The predicted octanol–water partition coefficient (Wildman–Crippen LogP) is 4.57. The van der Waals surface area contributed by atoms with Gasteiger partial charge in [0.05, 0.1) is 17.7 Å². The van der Waals surface area contributed by atoms with Crippen LogP contribution in [0.5, 0.6) is 11.5 Å². The predicted molar refractivity (Wildman–Crippen MR) is 134 cm³/mol. The van der Waals surface area contributed by atoms with Gasteiger partial charge in [-0.15, -0.1) is 12.4 Å². The highest BCUT2D eigenvalue weighted by Crippen LogP contribution is 2.37. The summed E-state index contributed by atoms with van der Waals surface area (Å²) in [5.74, 6) is 0.497. The molecule has 0 saturated heterocycles. The summed E-state index contributed by atoms with van der Waals surface area (Å²) in [6, 6.07) is 12.9. The Labute approximate surface area is 207 Å². The number of hydrogen-bond acceptors (Lipinski definition) is 4. The molecule has 34 heavy (non-hydrogen) atoms. The van der Waals surface area contributed by atoms with E-state index in [1.165, 1.54) is 0 Å². The summed E-state index contributed by atoms with van der Waals surface area (Å²) >= 11 is 5.96. The van der Waals surface area contributed by atoms with Gasteiger partial charge in [-0.1, -0.05) is 29.8 Å². The normalized spacial score (nSPS) is 10.9. The van der Waals surface area contributed by atoms with Crippen LogP contribution >= 0.6 is 24.0 Å². The average Bonchev–Trinajstić information content (AvgIpc) is 3.31. The van der Waals surface area contributed by atoms with Crippen molar-refractivity contribution in [3.63, 3.8) is 0 Å². The van der Waals surface area contributed by atoms with Gasteiger partial charge in [-0.05, 0) is 56.2 Å². The van der Waals surface area contributed by atoms with Gasteiger partial charge in [0.1, 0.15) is 6.61 Å². The number of hydrogen-bond donors (Lipinski definition) is 4. The Balaban J connectivity index is 0.00000324. The van der Waals surface area contributed by atoms with Crippen molar-refractivity contribution in [1.29, 1.82) is 0 Å². The van der Waals surface area contributed by atoms with Gasteiger partial charge in [0, 0.05) is 22.3 Å². The van der Waals surface area contributed by atoms with E-state index in [9.17, 15) is 9.59 Å². The second-order valence-electron chi connectivity index (χ2n) is 7.72. The van der Waals surface area contributed by atoms with Gasteiger partial charge in [-0.3, -0.25) is 19.8 Å². The second kappa shape index (κ2) is 10.7. The molecule has 0 fully saturated rings. The zero-order valence-electron chi connectivity index (χ0n) is 19.0. The topological polar surface area (TPSA) is 116 Å². The third-order valence-corrected chi connectivity index (χ3v) is 5.76. The second-order valence-corrected chi connectivity index (χ2v) is 8.16. The van der Waals surface area contributed by atoms with Gasteiger partial charge < -0.3 is 19.7 Å². The Kier molecular flexibility index (Phi) is 7.96. The number of ether oxygens (including phenoxy) is 2. The molecule has 0 aliphatic carbocycles. The van der Waals surface area contributed by atoms with Gasteiger partial charge in [-0.25, -0.2) is 0 Å². The number of nitrogens with one attached hydrogen (secondary N) is 4. The maximum absolute atomic E-state index is 12.7. The van der Waals surface area contributed by atoms with Crippen LogP contribution in [0.25, 0.3) is 0 Å². The minimum absolute atomic E-state index is 0. The molecule has 4 rings (SSSR count). The molecule has 10 heteroatoms. The number of aromatic amines is 4. The molecule has 0 bridgehead atoms. The van der Waals surface area contributed by atoms with Crippen molar-refractivity contribution in [2.45, 2.75) is 33.3 Å². The van der Waals surface area contributed by atoms with Crippen LogP contribution in [0.2, 0.25) is 5.02 Å². The molecule has 8 nitrogen and oxygen atoms in total. The van der Waals surface area contributed by atoms with Gasteiger partial charge in [0.15, 0.2) is 11.5 Å². The molecule has 2 aromatic carbocycles. The number of benzene rings is 2. The van der Waals surface area contributed by atoms with E-state index in [0.29, 0.717) is 52.3 Å². The van der Waals surface area contributed by atoms with Gasteiger partial charge in [-0.2, -0.15) is 0 Å². The van der Waals surface area contributed by atoms with Crippen molar-refractivity contribution >= 4 is 24.0 Å². The first-order valence-corrected chi connectivity index (χ1v) is 10.9. The van der Waals surface area contributed by atoms with Crippen LogP contribution < -0.4 is 20.6 Å². The monoisotopic (exact) mass is 504 g/mol. The Morgan fingerprint density at radius 1 is 0.824 bits per heavy atom. The quantitative estimate of drug-likeness (QED) is 0.281. The highest BCUT2D eigenvalue weighted by Gasteiger charge is 2.29. The fourth-order valence-electron chi connectivity index (χ4n) is 3.92. The maximum Gasteiger partial charge on any atom is 0.268 e. The molecular formula is C24H26Cl2N4O4. The van der Waals surface area contributed by atoms with Gasteiger partial charge >= 0.3 is 0 Å². The van der Waals surface area contributed by atoms with E-state index >= 15 is 0 Å². The van der Waals surface area contributed by atoms with Gasteiger partial charge in [0.25, 0.3) is 11.1 Å². The van der Waals surface area contributed by atoms with Crippen LogP contribution in [0, 0.1) is 13.8 Å². The number of aryl methyl sites for hydroxylation is 2. The summed E-state index contributed by atoms with van der Waals surface area (Å²) in [6.45, 7) is 6.24. The van der Waals surface area contributed by atoms with Crippen LogP contribution in [0.3, 0.4) is 0 Å². The number of halogens is 2. The lowest BCUT2D eigenvalue weighted by molar-refractivity contribution is 0.269. The van der Waals surface area contributed by atoms with Crippen molar-refractivity contribution in [1.82, 2.24) is 20.4 Å². The minimum Gasteiger partial charge on any atom is -0.490 e. The summed E-state index contributed by atoms with van der Waals surface area (Å²) < 4.78 is 11.9. The zero-order chi connectivity index (χ0) is 23.5. The molecule has 2 aromatic heterocycles. The lowest BCUT2D eigenvalue weighted by atomic mass is 9.85. The molecule has 0 radical (unpaired) electrons. The van der Waals surface area contributed by atoms with Crippen molar-refractivity contribution in [2.24, 2.45) is 0 Å². The number of aromatic nitrogens is 4. The summed E-state index contributed by atoms with van der Waals surface area (Å²) in [6.07, 6.45) is 0. The summed E-state index contributed by atoms with van der Waals surface area (Å²) in [5.41, 5.74) is 3.40. The first kappa shape index (κ1) is 25.3. The zero-order valence-corrected chi connectivity index (χ0v) is 20.5. The van der Waals surface area contributed by atoms with E-state index in [0.717, 1.165) is 11.1 Å². The van der Waals surface area contributed by atoms with Crippen molar-refractivity contribution in [3.8, 4) is 11.5 Å². The molecule has 0 atom stereocenters. The lowest BCUT2D eigenvalue weighted by Gasteiger charge is -2.19. The first-order chi connectivity index (χ1) is 15.9. The molecule has 2 heterocycles. The molecule has 0 aliphatic rings. The molecule has 0 spiro atoms. The van der Waals surface area contributed by atoms with E-state index in [-0.39, 0.29) is 23.5 Å². The highest BCUT2D eigenvalue weighted by atomic mass is 35.5. The van der Waals surface area contributed by atoms with E-state index < -0.39 is 5.92 Å². The van der Waals surface area contributed by atoms with Crippen LogP contribution in [0.4, 0.5) is 0 Å². The highest BCUT2D eigenvalue weighted by molar-refractivity contribution is 6.30. The summed E-state index contributed by atoms with van der Waals surface area (Å²) in [7, 11) is 0. The summed E-state index contributed by atoms with van der Waals surface area (Å²) in [4.78, 5) is 25.3. The Bertz CT molecular complexity index is 1310. The fraction of sp³-hybridized carbons (Fsp3) is 0.250. The Hall–Kier alpha value is -3.36.